The number of hydrogen-bond donors (Lipinski definition) is 2. The quantitative estimate of drug-likeness (QED) is 0.816. The summed E-state index contributed by atoms with van der Waals surface area (Å²) in [7, 11) is 0. The predicted octanol–water partition coefficient (Wildman–Crippen LogP) is 2.60. The highest BCUT2D eigenvalue weighted by Gasteiger charge is 2.15. The molecule has 0 unspecified atom stereocenters. The van der Waals surface area contributed by atoms with Crippen LogP contribution in [0, 0.1) is 6.92 Å². The molecule has 1 amide bonds. The van der Waals surface area contributed by atoms with Gasteiger partial charge in [-0.3, -0.25) is 0 Å². The van der Waals surface area contributed by atoms with Gasteiger partial charge in [0.1, 0.15) is 18.0 Å². The van der Waals surface area contributed by atoms with Crippen LogP contribution < -0.4 is 10.1 Å². The summed E-state index contributed by atoms with van der Waals surface area (Å²) in [4.78, 5) is 22.3. The van der Waals surface area contributed by atoms with Crippen molar-refractivity contribution in [2.75, 3.05) is 13.2 Å². The number of carboxylic acids is 1. The van der Waals surface area contributed by atoms with Crippen LogP contribution in [-0.2, 0) is 4.74 Å². The van der Waals surface area contributed by atoms with Crippen molar-refractivity contribution in [3.8, 4) is 5.75 Å². The molecule has 116 valence electrons. The highest BCUT2D eigenvalue weighted by molar-refractivity contribution is 5.88. The number of aryl methyl sites for hydroxylation is 1. The van der Waals surface area contributed by atoms with Gasteiger partial charge < -0.3 is 19.9 Å². The molecule has 1 aromatic rings. The van der Waals surface area contributed by atoms with Crippen molar-refractivity contribution in [1.29, 1.82) is 0 Å². The summed E-state index contributed by atoms with van der Waals surface area (Å²) in [6.45, 7) is 7.63. The summed E-state index contributed by atoms with van der Waals surface area (Å²) in [5.74, 6) is -0.547. The lowest BCUT2D eigenvalue weighted by Gasteiger charge is -2.19. The molecule has 0 aliphatic heterocycles. The first kappa shape index (κ1) is 16.8. The first-order chi connectivity index (χ1) is 9.67. The highest BCUT2D eigenvalue weighted by Crippen LogP contribution is 2.16. The van der Waals surface area contributed by atoms with E-state index >= 15 is 0 Å². The molecule has 6 heteroatoms. The fraction of sp³-hybridized carbons (Fsp3) is 0.467. The monoisotopic (exact) mass is 295 g/mol. The average Bonchev–Trinajstić information content (AvgIpc) is 2.31. The van der Waals surface area contributed by atoms with Crippen molar-refractivity contribution in [2.24, 2.45) is 0 Å². The van der Waals surface area contributed by atoms with Crippen molar-refractivity contribution in [2.45, 2.75) is 33.3 Å². The van der Waals surface area contributed by atoms with E-state index in [4.69, 9.17) is 14.6 Å². The van der Waals surface area contributed by atoms with E-state index in [1.807, 2.05) is 0 Å². The van der Waals surface area contributed by atoms with Gasteiger partial charge in [-0.05, 0) is 51.5 Å². The number of amides is 1. The fourth-order valence-corrected chi connectivity index (χ4v) is 1.59. The zero-order valence-electron chi connectivity index (χ0n) is 12.7. The van der Waals surface area contributed by atoms with Crippen molar-refractivity contribution >= 4 is 12.1 Å². The molecule has 1 rings (SSSR count). The molecule has 0 atom stereocenters. The molecule has 0 fully saturated rings. The van der Waals surface area contributed by atoms with E-state index in [0.29, 0.717) is 5.75 Å². The Morgan fingerprint density at radius 1 is 1.24 bits per heavy atom. The minimum atomic E-state index is -1.00. The van der Waals surface area contributed by atoms with Gasteiger partial charge in [0.15, 0.2) is 0 Å². The van der Waals surface area contributed by atoms with Crippen LogP contribution in [0.25, 0.3) is 0 Å². The lowest BCUT2D eigenvalue weighted by molar-refractivity contribution is 0.0520. The Bertz CT molecular complexity index is 519. The Balaban J connectivity index is 2.43. The summed E-state index contributed by atoms with van der Waals surface area (Å²) in [5.41, 5.74) is 0.424. The molecule has 2 N–H and O–H groups in total. The molecule has 0 spiro atoms. The zero-order valence-corrected chi connectivity index (χ0v) is 12.7. The van der Waals surface area contributed by atoms with Crippen LogP contribution in [0.15, 0.2) is 18.2 Å². The van der Waals surface area contributed by atoms with Crippen LogP contribution in [0.5, 0.6) is 5.75 Å². The van der Waals surface area contributed by atoms with Crippen LogP contribution in [0.1, 0.15) is 36.7 Å². The Morgan fingerprint density at radius 2 is 1.90 bits per heavy atom. The summed E-state index contributed by atoms with van der Waals surface area (Å²) < 4.78 is 10.5. The number of rotatable bonds is 5. The second-order valence-corrected chi connectivity index (χ2v) is 5.62. The van der Waals surface area contributed by atoms with E-state index < -0.39 is 17.7 Å². The van der Waals surface area contributed by atoms with Gasteiger partial charge >= 0.3 is 12.1 Å². The minimum Gasteiger partial charge on any atom is -0.492 e. The number of carboxylic acid groups (broad SMARTS) is 1. The Hall–Kier alpha value is -2.24. The van der Waals surface area contributed by atoms with E-state index in [0.717, 1.165) is 5.56 Å². The van der Waals surface area contributed by atoms with Crippen molar-refractivity contribution in [1.82, 2.24) is 5.32 Å². The van der Waals surface area contributed by atoms with Gasteiger partial charge in [0, 0.05) is 0 Å². The molecule has 0 aliphatic rings. The van der Waals surface area contributed by atoms with Gasteiger partial charge in [0.2, 0.25) is 0 Å². The summed E-state index contributed by atoms with van der Waals surface area (Å²) >= 11 is 0. The van der Waals surface area contributed by atoms with Crippen LogP contribution in [0.2, 0.25) is 0 Å². The Kier molecular flexibility index (Phi) is 5.58. The normalized spacial score (nSPS) is 10.9. The van der Waals surface area contributed by atoms with Crippen LogP contribution in [-0.4, -0.2) is 35.9 Å². The molecule has 0 heterocycles. The zero-order chi connectivity index (χ0) is 16.0. The van der Waals surface area contributed by atoms with Gasteiger partial charge in [0.25, 0.3) is 0 Å². The van der Waals surface area contributed by atoms with E-state index in [1.165, 1.54) is 6.07 Å². The van der Waals surface area contributed by atoms with Gasteiger partial charge in [-0.1, -0.05) is 0 Å². The third-order valence-electron chi connectivity index (χ3n) is 2.34. The molecule has 0 saturated carbocycles. The first-order valence-electron chi connectivity index (χ1n) is 6.62. The van der Waals surface area contributed by atoms with E-state index in [-0.39, 0.29) is 18.7 Å². The number of benzene rings is 1. The molecule has 21 heavy (non-hydrogen) atoms. The Labute approximate surface area is 124 Å². The van der Waals surface area contributed by atoms with E-state index in [1.54, 1.807) is 39.8 Å². The maximum Gasteiger partial charge on any atom is 0.407 e. The second kappa shape index (κ2) is 6.97. The number of ether oxygens (including phenoxy) is 2. The average molecular weight is 295 g/mol. The molecular weight excluding hydrogens is 274 g/mol. The third-order valence-corrected chi connectivity index (χ3v) is 2.34. The van der Waals surface area contributed by atoms with Gasteiger partial charge in [0.05, 0.1) is 12.1 Å². The number of alkyl carbamates (subject to hydrolysis) is 1. The van der Waals surface area contributed by atoms with Crippen LogP contribution >= 0.6 is 0 Å². The minimum absolute atomic E-state index is 0.171. The molecule has 0 radical (unpaired) electrons. The van der Waals surface area contributed by atoms with Gasteiger partial charge in [-0.25, -0.2) is 9.59 Å². The summed E-state index contributed by atoms with van der Waals surface area (Å²) in [6.07, 6.45) is -0.512. The standard InChI is InChI=1S/C15H21NO5/c1-10-7-11(13(17)18)9-12(8-10)20-6-5-16-14(19)21-15(2,3)4/h7-9H,5-6H2,1-4H3,(H,16,19)(H,17,18). The van der Waals surface area contributed by atoms with Crippen LogP contribution in [0.3, 0.4) is 0 Å². The molecule has 0 bridgehead atoms. The second-order valence-electron chi connectivity index (χ2n) is 5.62. The fourth-order valence-electron chi connectivity index (χ4n) is 1.59. The summed E-state index contributed by atoms with van der Waals surface area (Å²) in [5, 5.41) is 11.5. The third kappa shape index (κ3) is 6.65. The number of carbonyl (C=O) groups is 2. The molecule has 1 aromatic carbocycles. The molecule has 6 nitrogen and oxygen atoms in total. The van der Waals surface area contributed by atoms with Gasteiger partial charge in [-0.2, -0.15) is 0 Å². The lowest BCUT2D eigenvalue weighted by Crippen LogP contribution is -2.34. The number of hydrogen-bond acceptors (Lipinski definition) is 4. The molecule has 0 aromatic heterocycles. The molecule has 0 aliphatic carbocycles. The largest absolute Gasteiger partial charge is 0.492 e. The summed E-state index contributed by atoms with van der Waals surface area (Å²) in [6, 6.07) is 4.75. The number of nitrogens with one attached hydrogen (secondary N) is 1. The number of aromatic carboxylic acids is 1. The maximum atomic E-state index is 11.4. The Morgan fingerprint density at radius 3 is 2.48 bits per heavy atom. The maximum absolute atomic E-state index is 11.4. The molecule has 0 saturated heterocycles. The SMILES string of the molecule is Cc1cc(OCCNC(=O)OC(C)(C)C)cc(C(=O)O)c1. The first-order valence-corrected chi connectivity index (χ1v) is 6.62. The highest BCUT2D eigenvalue weighted by atomic mass is 16.6. The lowest BCUT2D eigenvalue weighted by atomic mass is 10.1. The van der Waals surface area contributed by atoms with Gasteiger partial charge in [-0.15, -0.1) is 0 Å². The van der Waals surface area contributed by atoms with Crippen molar-refractivity contribution in [3.05, 3.63) is 29.3 Å². The smallest absolute Gasteiger partial charge is 0.407 e. The van der Waals surface area contributed by atoms with E-state index in [2.05, 4.69) is 5.32 Å². The van der Waals surface area contributed by atoms with Crippen molar-refractivity contribution < 1.29 is 24.2 Å². The van der Waals surface area contributed by atoms with E-state index in [9.17, 15) is 9.59 Å². The van der Waals surface area contributed by atoms with Crippen LogP contribution in [0.4, 0.5) is 4.79 Å². The van der Waals surface area contributed by atoms with Crippen molar-refractivity contribution in [3.63, 3.8) is 0 Å². The topological polar surface area (TPSA) is 84.9 Å². The molecular formula is C15H21NO5. The predicted molar refractivity (Wildman–Crippen MR) is 77.9 cm³/mol. The number of carbonyl (C=O) groups excluding carboxylic acids is 1.